The van der Waals surface area contributed by atoms with Gasteiger partial charge in [0.25, 0.3) is 5.91 Å². The predicted molar refractivity (Wildman–Crippen MR) is 97.0 cm³/mol. The number of para-hydroxylation sites is 1. The molecule has 1 spiro atoms. The van der Waals surface area contributed by atoms with E-state index in [2.05, 4.69) is 5.32 Å². The van der Waals surface area contributed by atoms with Crippen molar-refractivity contribution in [1.82, 2.24) is 4.90 Å². The van der Waals surface area contributed by atoms with Crippen molar-refractivity contribution in [3.05, 3.63) is 65.7 Å². The number of fused-ring (bicyclic) bond motifs is 1. The van der Waals surface area contributed by atoms with Crippen molar-refractivity contribution in [2.24, 2.45) is 0 Å². The number of anilines is 1. The summed E-state index contributed by atoms with van der Waals surface area (Å²) in [7, 11) is -3.03. The second kappa shape index (κ2) is 5.88. The first kappa shape index (κ1) is 16.1. The average molecular weight is 356 g/mol. The Morgan fingerprint density at radius 1 is 0.960 bits per heavy atom. The highest BCUT2D eigenvalue weighted by Crippen LogP contribution is 2.39. The molecule has 2 aromatic carbocycles. The van der Waals surface area contributed by atoms with Crippen LogP contribution in [0.1, 0.15) is 28.8 Å². The lowest BCUT2D eigenvalue weighted by molar-refractivity contribution is 0.0447. The van der Waals surface area contributed by atoms with Gasteiger partial charge in [0.1, 0.15) is 5.66 Å². The molecule has 2 heterocycles. The van der Waals surface area contributed by atoms with Crippen molar-refractivity contribution in [3.8, 4) is 0 Å². The Labute approximate surface area is 147 Å². The van der Waals surface area contributed by atoms with Crippen molar-refractivity contribution >= 4 is 21.4 Å². The van der Waals surface area contributed by atoms with Gasteiger partial charge in [0.15, 0.2) is 9.84 Å². The largest absolute Gasteiger partial charge is 0.362 e. The van der Waals surface area contributed by atoms with Crippen molar-refractivity contribution in [3.63, 3.8) is 0 Å². The lowest BCUT2D eigenvalue weighted by atomic mass is 9.93. The van der Waals surface area contributed by atoms with Crippen LogP contribution in [0.4, 0.5) is 5.69 Å². The average Bonchev–Trinajstić information content (AvgIpc) is 2.62. The zero-order valence-corrected chi connectivity index (χ0v) is 14.6. The van der Waals surface area contributed by atoms with Gasteiger partial charge in [-0.1, -0.05) is 42.5 Å². The van der Waals surface area contributed by atoms with E-state index < -0.39 is 15.5 Å². The molecule has 2 aliphatic rings. The third-order valence-electron chi connectivity index (χ3n) is 5.12. The number of amides is 1. The Kier molecular flexibility index (Phi) is 3.80. The molecule has 1 N–H and O–H groups in total. The molecular weight excluding hydrogens is 336 g/mol. The maximum atomic E-state index is 13.2. The fraction of sp³-hybridized carbons (Fsp3) is 0.316. The van der Waals surface area contributed by atoms with Crippen LogP contribution in [0.25, 0.3) is 0 Å². The first-order chi connectivity index (χ1) is 12.0. The summed E-state index contributed by atoms with van der Waals surface area (Å²) in [5.41, 5.74) is 1.81. The molecule has 1 amide bonds. The van der Waals surface area contributed by atoms with Gasteiger partial charge in [0, 0.05) is 25.1 Å². The van der Waals surface area contributed by atoms with Crippen LogP contribution < -0.4 is 5.32 Å². The summed E-state index contributed by atoms with van der Waals surface area (Å²) < 4.78 is 23.9. The first-order valence-electron chi connectivity index (χ1n) is 8.43. The van der Waals surface area contributed by atoms with Gasteiger partial charge in [0.05, 0.1) is 17.1 Å². The lowest BCUT2D eigenvalue weighted by Crippen LogP contribution is -2.62. The maximum Gasteiger partial charge on any atom is 0.258 e. The number of benzene rings is 2. The van der Waals surface area contributed by atoms with Crippen molar-refractivity contribution < 1.29 is 13.2 Å². The summed E-state index contributed by atoms with van der Waals surface area (Å²) in [6, 6.07) is 17.3. The molecule has 0 bridgehead atoms. The van der Waals surface area contributed by atoms with Gasteiger partial charge in [-0.25, -0.2) is 8.42 Å². The summed E-state index contributed by atoms with van der Waals surface area (Å²) in [5, 5.41) is 3.49. The van der Waals surface area contributed by atoms with E-state index in [9.17, 15) is 13.2 Å². The number of nitrogens with zero attached hydrogens (tertiary/aromatic N) is 1. The third kappa shape index (κ3) is 2.91. The van der Waals surface area contributed by atoms with Crippen LogP contribution in [0.2, 0.25) is 0 Å². The van der Waals surface area contributed by atoms with E-state index in [-0.39, 0.29) is 17.4 Å². The van der Waals surface area contributed by atoms with Crippen LogP contribution >= 0.6 is 0 Å². The standard InChI is InChI=1S/C19H20N2O3S/c22-18-16-8-4-5-9-17(16)20-19(10-12-25(23,24)13-11-19)21(18)14-15-6-2-1-3-7-15/h1-9,20H,10-14H2. The van der Waals surface area contributed by atoms with E-state index in [0.29, 0.717) is 24.9 Å². The Morgan fingerprint density at radius 2 is 1.60 bits per heavy atom. The van der Waals surface area contributed by atoms with Crippen LogP contribution in [0.3, 0.4) is 0 Å². The summed E-state index contributed by atoms with van der Waals surface area (Å²) in [6.07, 6.45) is 0.810. The van der Waals surface area contributed by atoms with E-state index in [4.69, 9.17) is 0 Å². The van der Waals surface area contributed by atoms with E-state index in [1.165, 1.54) is 0 Å². The Hall–Kier alpha value is -2.34. The van der Waals surface area contributed by atoms with Gasteiger partial charge >= 0.3 is 0 Å². The normalized spacial score (nSPS) is 20.8. The summed E-state index contributed by atoms with van der Waals surface area (Å²) >= 11 is 0. The molecule has 5 nitrogen and oxygen atoms in total. The molecular formula is C19H20N2O3S. The van der Waals surface area contributed by atoms with Gasteiger partial charge in [-0.2, -0.15) is 0 Å². The van der Waals surface area contributed by atoms with Crippen LogP contribution in [0.5, 0.6) is 0 Å². The Bertz CT molecular complexity index is 895. The molecule has 0 aliphatic carbocycles. The van der Waals surface area contributed by atoms with Gasteiger partial charge < -0.3 is 10.2 Å². The fourth-order valence-electron chi connectivity index (χ4n) is 3.70. The third-order valence-corrected chi connectivity index (χ3v) is 6.78. The molecule has 2 aromatic rings. The molecule has 0 atom stereocenters. The van der Waals surface area contributed by atoms with Crippen molar-refractivity contribution in [2.75, 3.05) is 16.8 Å². The van der Waals surface area contributed by atoms with E-state index >= 15 is 0 Å². The molecule has 1 fully saturated rings. The second-order valence-electron chi connectivity index (χ2n) is 6.73. The minimum absolute atomic E-state index is 0.0440. The molecule has 0 unspecified atom stereocenters. The zero-order valence-electron chi connectivity index (χ0n) is 13.8. The molecule has 0 saturated carbocycles. The number of hydrogen-bond acceptors (Lipinski definition) is 4. The Balaban J connectivity index is 1.75. The molecule has 0 aromatic heterocycles. The summed E-state index contributed by atoms with van der Waals surface area (Å²) in [4.78, 5) is 15.0. The maximum absolute atomic E-state index is 13.2. The fourth-order valence-corrected chi connectivity index (χ4v) is 5.20. The van der Waals surface area contributed by atoms with Gasteiger partial charge in [-0.3, -0.25) is 4.79 Å². The SMILES string of the molecule is O=C1c2ccccc2NC2(CCS(=O)(=O)CC2)N1Cc1ccccc1. The number of rotatable bonds is 2. The van der Waals surface area contributed by atoms with E-state index in [0.717, 1.165) is 11.3 Å². The number of nitrogens with one attached hydrogen (secondary N) is 1. The van der Waals surface area contributed by atoms with Crippen LogP contribution in [0, 0.1) is 0 Å². The molecule has 25 heavy (non-hydrogen) atoms. The highest BCUT2D eigenvalue weighted by Gasteiger charge is 2.47. The van der Waals surface area contributed by atoms with Crippen LogP contribution in [0.15, 0.2) is 54.6 Å². The topological polar surface area (TPSA) is 66.5 Å². The van der Waals surface area contributed by atoms with Gasteiger partial charge in [-0.15, -0.1) is 0 Å². The summed E-state index contributed by atoms with van der Waals surface area (Å²) in [5.74, 6) is 0.152. The summed E-state index contributed by atoms with van der Waals surface area (Å²) in [6.45, 7) is 0.459. The quantitative estimate of drug-likeness (QED) is 0.898. The van der Waals surface area contributed by atoms with Crippen molar-refractivity contribution in [1.29, 1.82) is 0 Å². The van der Waals surface area contributed by atoms with E-state index in [1.807, 2.05) is 59.5 Å². The van der Waals surface area contributed by atoms with Gasteiger partial charge in [-0.05, 0) is 17.7 Å². The number of carbonyl (C=O) groups is 1. The minimum atomic E-state index is -3.03. The molecule has 1 saturated heterocycles. The smallest absolute Gasteiger partial charge is 0.258 e. The number of carbonyl (C=O) groups excluding carboxylic acids is 1. The number of hydrogen-bond donors (Lipinski definition) is 1. The molecule has 6 heteroatoms. The lowest BCUT2D eigenvalue weighted by Gasteiger charge is -2.50. The molecule has 130 valence electrons. The molecule has 2 aliphatic heterocycles. The van der Waals surface area contributed by atoms with Crippen molar-refractivity contribution in [2.45, 2.75) is 25.0 Å². The monoisotopic (exact) mass is 356 g/mol. The van der Waals surface area contributed by atoms with Crippen LogP contribution in [-0.4, -0.2) is 36.4 Å². The highest BCUT2D eigenvalue weighted by molar-refractivity contribution is 7.91. The molecule has 0 radical (unpaired) electrons. The first-order valence-corrected chi connectivity index (χ1v) is 10.2. The highest BCUT2D eigenvalue weighted by atomic mass is 32.2. The zero-order chi connectivity index (χ0) is 17.5. The predicted octanol–water partition coefficient (Wildman–Crippen LogP) is 2.66. The minimum Gasteiger partial charge on any atom is -0.362 e. The van der Waals surface area contributed by atoms with E-state index in [1.54, 1.807) is 0 Å². The Morgan fingerprint density at radius 3 is 2.32 bits per heavy atom. The van der Waals surface area contributed by atoms with Crippen LogP contribution in [-0.2, 0) is 16.4 Å². The van der Waals surface area contributed by atoms with Gasteiger partial charge in [0.2, 0.25) is 0 Å². The number of sulfone groups is 1. The second-order valence-corrected chi connectivity index (χ2v) is 9.03. The molecule has 4 rings (SSSR count).